The summed E-state index contributed by atoms with van der Waals surface area (Å²) in [6, 6.07) is 7.37. The molecule has 1 fully saturated rings. The van der Waals surface area contributed by atoms with E-state index in [-0.39, 0.29) is 41.9 Å². The molecule has 4 nitrogen and oxygen atoms in total. The zero-order chi connectivity index (χ0) is 19.4. The summed E-state index contributed by atoms with van der Waals surface area (Å²) in [5.74, 6) is 0.301. The van der Waals surface area contributed by atoms with Crippen LogP contribution in [-0.4, -0.2) is 14.4 Å². The van der Waals surface area contributed by atoms with Crippen molar-refractivity contribution in [3.63, 3.8) is 0 Å². The van der Waals surface area contributed by atoms with Crippen LogP contribution in [-0.2, 0) is 30.9 Å². The standard InChI is InChI=1S/C23H26N3O.Ir/c1-21(2,3)16-8-7-13-15(24-16)10-12-26-18-17(20(27)25-19(13)26)14-9-11-23(18,6)22(14,4)5;/h8,10,12,14H,9,11H2,1-6H3;/q-1;. The number of rotatable bonds is 0. The summed E-state index contributed by atoms with van der Waals surface area (Å²) in [5.41, 5.74) is 4.59. The average Bonchev–Trinajstić information content (AvgIpc) is 2.93. The third-order valence-electron chi connectivity index (χ3n) is 7.48. The van der Waals surface area contributed by atoms with Crippen molar-refractivity contribution in [1.82, 2.24) is 14.4 Å². The van der Waals surface area contributed by atoms with E-state index in [1.54, 1.807) is 0 Å². The monoisotopic (exact) mass is 553 g/mol. The number of aromatic nitrogens is 3. The van der Waals surface area contributed by atoms with Gasteiger partial charge in [-0.3, -0.25) is 4.79 Å². The molecule has 2 bridgehead atoms. The molecule has 3 aromatic rings. The van der Waals surface area contributed by atoms with Crippen LogP contribution < -0.4 is 5.56 Å². The van der Waals surface area contributed by atoms with Crippen LogP contribution in [0, 0.1) is 11.5 Å². The largest absolute Gasteiger partial charge is 0.348 e. The van der Waals surface area contributed by atoms with Crippen LogP contribution in [0.5, 0.6) is 0 Å². The second-order valence-corrected chi connectivity index (χ2v) is 10.1. The van der Waals surface area contributed by atoms with Crippen LogP contribution in [0.4, 0.5) is 0 Å². The van der Waals surface area contributed by atoms with E-state index in [1.807, 2.05) is 12.1 Å². The minimum atomic E-state index is -0.0627. The Kier molecular flexibility index (Phi) is 4.04. The third kappa shape index (κ3) is 2.23. The Morgan fingerprint density at radius 1 is 1.21 bits per heavy atom. The Labute approximate surface area is 179 Å². The van der Waals surface area contributed by atoms with Crippen LogP contribution in [0.1, 0.15) is 77.3 Å². The first kappa shape index (κ1) is 19.7. The summed E-state index contributed by atoms with van der Waals surface area (Å²) in [6.45, 7) is 13.4. The number of fused-ring (bicyclic) bond motifs is 9. The van der Waals surface area contributed by atoms with Crippen LogP contribution in [0.15, 0.2) is 23.1 Å². The van der Waals surface area contributed by atoms with Gasteiger partial charge in [-0.25, -0.2) is 4.98 Å². The summed E-state index contributed by atoms with van der Waals surface area (Å²) in [4.78, 5) is 22.4. The molecule has 2 unspecified atom stereocenters. The quantitative estimate of drug-likeness (QED) is 0.305. The molecular formula is C23H26IrN3O-. The predicted octanol–water partition coefficient (Wildman–Crippen LogP) is 4.51. The van der Waals surface area contributed by atoms with E-state index >= 15 is 0 Å². The van der Waals surface area contributed by atoms with E-state index in [0.717, 1.165) is 40.7 Å². The first-order valence-corrected chi connectivity index (χ1v) is 9.84. The summed E-state index contributed by atoms with van der Waals surface area (Å²) in [7, 11) is 0. The molecule has 1 radical (unpaired) electrons. The first-order chi connectivity index (χ1) is 12.6. The molecule has 149 valence electrons. The maximum Gasteiger partial charge on any atom is 0.267 e. The van der Waals surface area contributed by atoms with Crippen molar-refractivity contribution in [2.45, 2.75) is 71.1 Å². The molecule has 2 aliphatic rings. The number of hydrogen-bond donors (Lipinski definition) is 0. The van der Waals surface area contributed by atoms with Gasteiger partial charge in [-0.2, -0.15) is 0 Å². The van der Waals surface area contributed by atoms with Gasteiger partial charge in [0.05, 0.1) is 5.65 Å². The SMILES string of the molecule is CC(C)(C)c1c[c-]c2c(ccn3c4c(c(=O)nc23)C2CCC4(C)C2(C)C)n1.[Ir]. The van der Waals surface area contributed by atoms with Crippen molar-refractivity contribution in [2.24, 2.45) is 5.41 Å². The minimum absolute atomic E-state index is 0. The van der Waals surface area contributed by atoms with Gasteiger partial charge in [-0.15, -0.1) is 12.1 Å². The van der Waals surface area contributed by atoms with Gasteiger partial charge in [0.1, 0.15) is 0 Å². The molecule has 5 heteroatoms. The molecule has 3 heterocycles. The average molecular weight is 553 g/mol. The Balaban J connectivity index is 0.00000192. The number of pyridine rings is 2. The summed E-state index contributed by atoms with van der Waals surface area (Å²) >= 11 is 0. The van der Waals surface area contributed by atoms with Crippen LogP contribution in [0.25, 0.3) is 16.6 Å². The predicted molar refractivity (Wildman–Crippen MR) is 107 cm³/mol. The Morgan fingerprint density at radius 2 is 1.93 bits per heavy atom. The van der Waals surface area contributed by atoms with Crippen molar-refractivity contribution < 1.29 is 20.1 Å². The molecule has 0 aliphatic heterocycles. The summed E-state index contributed by atoms with van der Waals surface area (Å²) < 4.78 is 2.15. The van der Waals surface area contributed by atoms with Gasteiger partial charge in [0.15, 0.2) is 0 Å². The fourth-order valence-corrected chi connectivity index (χ4v) is 5.44. The van der Waals surface area contributed by atoms with Gasteiger partial charge in [-0.05, 0) is 47.0 Å². The molecule has 0 N–H and O–H groups in total. The fourth-order valence-electron chi connectivity index (χ4n) is 5.44. The normalized spacial score (nSPS) is 25.1. The molecule has 0 aromatic carbocycles. The van der Waals surface area contributed by atoms with Gasteiger partial charge < -0.3 is 9.38 Å². The molecular weight excluding hydrogens is 526 g/mol. The van der Waals surface area contributed by atoms with E-state index in [9.17, 15) is 4.79 Å². The van der Waals surface area contributed by atoms with E-state index in [1.165, 1.54) is 0 Å². The molecule has 0 saturated heterocycles. The molecule has 2 atom stereocenters. The fraction of sp³-hybridized carbons (Fsp3) is 0.522. The number of hydrogen-bond acceptors (Lipinski definition) is 3. The maximum atomic E-state index is 13.1. The second kappa shape index (κ2) is 5.73. The van der Waals surface area contributed by atoms with Crippen LogP contribution >= 0.6 is 0 Å². The van der Waals surface area contributed by atoms with Crippen LogP contribution in [0.2, 0.25) is 0 Å². The Bertz CT molecular complexity index is 1190. The van der Waals surface area contributed by atoms with Crippen molar-refractivity contribution in [3.05, 3.63) is 51.7 Å². The van der Waals surface area contributed by atoms with Gasteiger partial charge in [-0.1, -0.05) is 53.0 Å². The van der Waals surface area contributed by atoms with Crippen molar-refractivity contribution in [3.8, 4) is 0 Å². The summed E-state index contributed by atoms with van der Waals surface area (Å²) in [5, 5.41) is 0.828. The molecule has 28 heavy (non-hydrogen) atoms. The van der Waals surface area contributed by atoms with E-state index < -0.39 is 0 Å². The zero-order valence-electron chi connectivity index (χ0n) is 17.3. The van der Waals surface area contributed by atoms with Gasteiger partial charge in [0.25, 0.3) is 5.56 Å². The number of nitrogens with zero attached hydrogens (tertiary/aromatic N) is 3. The Morgan fingerprint density at radius 3 is 2.61 bits per heavy atom. The minimum Gasteiger partial charge on any atom is -0.348 e. The Hall–Kier alpha value is -1.58. The van der Waals surface area contributed by atoms with Gasteiger partial charge in [0.2, 0.25) is 0 Å². The molecule has 2 aliphatic carbocycles. The molecule has 5 rings (SSSR count). The molecule has 1 saturated carbocycles. The second-order valence-electron chi connectivity index (χ2n) is 10.1. The molecule has 3 aromatic heterocycles. The topological polar surface area (TPSA) is 47.3 Å². The zero-order valence-corrected chi connectivity index (χ0v) is 19.7. The smallest absolute Gasteiger partial charge is 0.267 e. The van der Waals surface area contributed by atoms with E-state index in [2.05, 4.69) is 63.2 Å². The molecule has 0 spiro atoms. The summed E-state index contributed by atoms with van der Waals surface area (Å²) in [6.07, 6.45) is 4.25. The first-order valence-electron chi connectivity index (χ1n) is 9.84. The third-order valence-corrected chi connectivity index (χ3v) is 7.48. The van der Waals surface area contributed by atoms with Crippen molar-refractivity contribution in [2.75, 3.05) is 0 Å². The maximum absolute atomic E-state index is 13.1. The van der Waals surface area contributed by atoms with Crippen molar-refractivity contribution >= 4 is 16.6 Å². The van der Waals surface area contributed by atoms with Crippen molar-refractivity contribution in [1.29, 1.82) is 0 Å². The molecule has 0 amide bonds. The van der Waals surface area contributed by atoms with Gasteiger partial charge in [0, 0.05) is 36.8 Å². The van der Waals surface area contributed by atoms with Crippen LogP contribution in [0.3, 0.4) is 0 Å². The van der Waals surface area contributed by atoms with Gasteiger partial charge >= 0.3 is 0 Å². The van der Waals surface area contributed by atoms with E-state index in [4.69, 9.17) is 4.98 Å². The van der Waals surface area contributed by atoms with E-state index in [0.29, 0.717) is 11.6 Å².